The van der Waals surface area contributed by atoms with E-state index in [2.05, 4.69) is 147 Å². The van der Waals surface area contributed by atoms with Gasteiger partial charge in [0.25, 0.3) is 23.6 Å². The van der Waals surface area contributed by atoms with Gasteiger partial charge in [-0.25, -0.2) is 0 Å². The van der Waals surface area contributed by atoms with E-state index < -0.39 is 0 Å². The lowest BCUT2D eigenvalue weighted by atomic mass is 9.77. The number of carbonyl (C=O) groups excluding carboxylic acids is 4. The van der Waals surface area contributed by atoms with Crippen LogP contribution in [-0.2, 0) is 0 Å². The molecular weight excluding hydrogens is 1030 g/mol. The normalized spacial score (nSPS) is 13.9. The second kappa shape index (κ2) is 22.7. The number of imide groups is 2. The summed E-state index contributed by atoms with van der Waals surface area (Å²) in [6, 6.07) is 70.3. The van der Waals surface area contributed by atoms with Gasteiger partial charge in [-0.05, 0) is 171 Å². The van der Waals surface area contributed by atoms with Crippen molar-refractivity contribution in [3.05, 3.63) is 229 Å². The van der Waals surface area contributed by atoms with Gasteiger partial charge in [-0.1, -0.05) is 175 Å². The largest absolute Gasteiger partial charge is 0.311 e. The molecule has 4 amide bonds. The maximum Gasteiger partial charge on any atom is 0.261 e. The minimum atomic E-state index is -0.298. The van der Waals surface area contributed by atoms with Crippen molar-refractivity contribution in [1.82, 2.24) is 9.80 Å². The predicted molar refractivity (Wildman–Crippen MR) is 345 cm³/mol. The Morgan fingerprint density at radius 2 is 0.643 bits per heavy atom. The Morgan fingerprint density at radius 3 is 0.976 bits per heavy atom. The number of fused-ring (bicyclic) bond motifs is 2. The molecule has 2 heterocycles. The van der Waals surface area contributed by atoms with E-state index in [9.17, 15) is 0 Å². The molecule has 0 spiro atoms. The predicted octanol–water partition coefficient (Wildman–Crippen LogP) is 19.6. The van der Waals surface area contributed by atoms with Crippen LogP contribution < -0.4 is 9.80 Å². The molecule has 0 fully saturated rings. The maximum atomic E-state index is 15.6. The first-order valence-electron chi connectivity index (χ1n) is 30.2. The van der Waals surface area contributed by atoms with E-state index >= 15 is 19.2 Å². The number of amides is 4. The molecule has 8 heteroatoms. The molecule has 2 unspecified atom stereocenters. The molecule has 13 rings (SSSR count). The van der Waals surface area contributed by atoms with Crippen LogP contribution in [0.4, 0.5) is 34.1 Å². The highest BCUT2D eigenvalue weighted by atomic mass is 16.2. The summed E-state index contributed by atoms with van der Waals surface area (Å²) in [5.41, 5.74) is 11.3. The van der Waals surface area contributed by atoms with Crippen LogP contribution in [0, 0.1) is 11.8 Å². The van der Waals surface area contributed by atoms with E-state index in [1.165, 1.54) is 9.80 Å². The molecule has 2 aliphatic heterocycles. The third-order valence-electron chi connectivity index (χ3n) is 17.9. The fraction of sp³-hybridized carbons (Fsp3) is 0.211. The minimum Gasteiger partial charge on any atom is -0.311 e. The van der Waals surface area contributed by atoms with E-state index in [-0.39, 0.29) is 35.5 Å². The summed E-state index contributed by atoms with van der Waals surface area (Å²) in [6.07, 6.45) is 7.66. The highest BCUT2D eigenvalue weighted by Crippen LogP contribution is 2.53. The molecule has 2 atom stereocenters. The van der Waals surface area contributed by atoms with Gasteiger partial charge >= 0.3 is 0 Å². The Bertz CT molecular complexity index is 3950. The van der Waals surface area contributed by atoms with Gasteiger partial charge in [-0.2, -0.15) is 0 Å². The molecule has 0 radical (unpaired) electrons. The quantitative estimate of drug-likeness (QED) is 0.0430. The lowest BCUT2D eigenvalue weighted by Gasteiger charge is -2.33. The van der Waals surface area contributed by atoms with E-state index in [1.807, 2.05) is 97.1 Å². The smallest absolute Gasteiger partial charge is 0.261 e. The van der Waals surface area contributed by atoms with Gasteiger partial charge in [0.1, 0.15) is 0 Å². The number of carbonyl (C=O) groups is 4. The van der Waals surface area contributed by atoms with Gasteiger partial charge in [0.15, 0.2) is 0 Å². The lowest BCUT2D eigenvalue weighted by molar-refractivity contribution is 0.0565. The van der Waals surface area contributed by atoms with Crippen LogP contribution in [0.2, 0.25) is 0 Å². The number of anilines is 6. The number of nitrogens with zero attached hydrogens (tertiary/aromatic N) is 4. The second-order valence-electron chi connectivity index (χ2n) is 22.9. The highest BCUT2D eigenvalue weighted by molar-refractivity contribution is 6.44. The van der Waals surface area contributed by atoms with Gasteiger partial charge in [0.05, 0.1) is 0 Å². The summed E-state index contributed by atoms with van der Waals surface area (Å²) < 4.78 is 0. The zero-order valence-corrected chi connectivity index (χ0v) is 48.3. The van der Waals surface area contributed by atoms with Gasteiger partial charge in [-0.3, -0.25) is 29.0 Å². The third-order valence-corrected chi connectivity index (χ3v) is 17.9. The van der Waals surface area contributed by atoms with Crippen LogP contribution in [0.1, 0.15) is 120 Å². The minimum absolute atomic E-state index is 0.137. The van der Waals surface area contributed by atoms with Crippen molar-refractivity contribution in [1.29, 1.82) is 0 Å². The Labute approximate surface area is 491 Å². The zero-order valence-electron chi connectivity index (χ0n) is 48.3. The molecule has 0 aromatic heterocycles. The second-order valence-corrected chi connectivity index (χ2v) is 22.9. The van der Waals surface area contributed by atoms with Crippen LogP contribution in [0.15, 0.2) is 206 Å². The van der Waals surface area contributed by atoms with E-state index in [0.29, 0.717) is 46.1 Å². The standard InChI is InChI=1S/C76H68N4O4/c1-5-9-23-49(7-3)47-77-73(81)61-43-41-59-67-60(42-44-62(70(61)67)74(77)82)69-64(52-35-39-58(40-36-52)80(55-29-19-13-20-30-55)56-31-21-14-22-32-56)46-66-71-65(75(83)78(76(66)84)48-50(8-4)24-10-6-2)45-63(68(59)72(69)71)51-33-37-57(38-34-51)79(53-25-15-11-16-26-53)54-27-17-12-18-28-54/h11-22,25-46,49-50H,5-10,23-24,47-48H2,1-4H3. The monoisotopic (exact) mass is 1100 g/mol. The van der Waals surface area contributed by atoms with Gasteiger partial charge in [0, 0.05) is 85.6 Å². The van der Waals surface area contributed by atoms with E-state index in [4.69, 9.17) is 0 Å². The summed E-state index contributed by atoms with van der Waals surface area (Å²) in [4.78, 5) is 68.9. The zero-order chi connectivity index (χ0) is 57.6. The van der Waals surface area contributed by atoms with Crippen LogP contribution >= 0.6 is 0 Å². The molecule has 0 bridgehead atoms. The molecule has 84 heavy (non-hydrogen) atoms. The molecule has 0 saturated heterocycles. The van der Waals surface area contributed by atoms with Gasteiger partial charge < -0.3 is 9.80 Å². The summed E-state index contributed by atoms with van der Waals surface area (Å²) in [5.74, 6) is -0.834. The van der Waals surface area contributed by atoms with Crippen molar-refractivity contribution in [2.75, 3.05) is 22.9 Å². The van der Waals surface area contributed by atoms with Crippen LogP contribution in [-0.4, -0.2) is 46.5 Å². The number of benzene rings is 11. The van der Waals surface area contributed by atoms with Crippen LogP contribution in [0.3, 0.4) is 0 Å². The fourth-order valence-corrected chi connectivity index (χ4v) is 13.5. The first kappa shape index (κ1) is 53.9. The van der Waals surface area contributed by atoms with Gasteiger partial charge in [0.2, 0.25) is 0 Å². The molecule has 2 aliphatic rings. The Balaban J connectivity index is 1.10. The van der Waals surface area contributed by atoms with Crippen molar-refractivity contribution in [3.8, 4) is 22.3 Å². The number of para-hydroxylation sites is 4. The Morgan fingerprint density at radius 1 is 0.321 bits per heavy atom. The summed E-state index contributed by atoms with van der Waals surface area (Å²) in [5, 5.41) is 6.27. The summed E-state index contributed by atoms with van der Waals surface area (Å²) in [7, 11) is 0. The number of rotatable bonds is 20. The van der Waals surface area contributed by atoms with Crippen molar-refractivity contribution in [2.45, 2.75) is 79.1 Å². The molecule has 8 nitrogen and oxygen atoms in total. The van der Waals surface area contributed by atoms with E-state index in [1.54, 1.807) is 0 Å². The van der Waals surface area contributed by atoms with Crippen molar-refractivity contribution < 1.29 is 19.2 Å². The maximum absolute atomic E-state index is 15.6. The highest BCUT2D eigenvalue weighted by Gasteiger charge is 2.40. The Hall–Kier alpha value is -9.40. The average molecular weight is 1100 g/mol. The molecule has 11 aromatic rings. The van der Waals surface area contributed by atoms with E-state index in [0.717, 1.165) is 140 Å². The number of unbranched alkanes of at least 4 members (excludes halogenated alkanes) is 2. The molecule has 11 aromatic carbocycles. The van der Waals surface area contributed by atoms with Gasteiger partial charge in [-0.15, -0.1) is 0 Å². The molecule has 0 saturated carbocycles. The Kier molecular flexibility index (Phi) is 14.6. The van der Waals surface area contributed by atoms with Crippen molar-refractivity contribution in [2.24, 2.45) is 11.8 Å². The summed E-state index contributed by atoms with van der Waals surface area (Å²) >= 11 is 0. The average Bonchev–Trinajstić information content (AvgIpc) is 0.740. The van der Waals surface area contributed by atoms with Crippen LogP contribution in [0.5, 0.6) is 0 Å². The van der Waals surface area contributed by atoms with Crippen molar-refractivity contribution >= 4 is 101 Å². The summed E-state index contributed by atoms with van der Waals surface area (Å²) in [6.45, 7) is 9.32. The molecule has 416 valence electrons. The van der Waals surface area contributed by atoms with Crippen molar-refractivity contribution in [3.63, 3.8) is 0 Å². The first-order valence-corrected chi connectivity index (χ1v) is 30.2. The third kappa shape index (κ3) is 9.25. The number of hydrogen-bond donors (Lipinski definition) is 0. The molecule has 0 N–H and O–H groups in total. The SMILES string of the molecule is CCCCC(CC)CN1C(=O)c2ccc3c4c(-c5ccc(N(c6ccccc6)c6ccccc6)cc5)cc5c6c(cc(-c7ccc(N(c8ccccc8)c8ccccc8)cc7)c(c7ccc(c2c37)C1=O)c64)C(=O)N(CC(CC)CCCC)C5=O. The molecular formula is C76H68N4O4. The molecule has 0 aliphatic carbocycles. The number of hydrogen-bond acceptors (Lipinski definition) is 6. The lowest BCUT2D eigenvalue weighted by Crippen LogP contribution is -2.43. The topological polar surface area (TPSA) is 81.2 Å². The van der Waals surface area contributed by atoms with Crippen LogP contribution in [0.25, 0.3) is 65.3 Å². The first-order chi connectivity index (χ1) is 41.2. The fourth-order valence-electron chi connectivity index (χ4n) is 13.5.